The van der Waals surface area contributed by atoms with Crippen LogP contribution in [-0.2, 0) is 10.2 Å². The molecular formula is C20H27N3O3. The van der Waals surface area contributed by atoms with Gasteiger partial charge in [-0.3, -0.25) is 4.79 Å². The van der Waals surface area contributed by atoms with Crippen molar-refractivity contribution in [3.05, 3.63) is 52.9 Å². The Bertz CT molecular complexity index is 780. The summed E-state index contributed by atoms with van der Waals surface area (Å²) in [6.45, 7) is 7.26. The van der Waals surface area contributed by atoms with Gasteiger partial charge in [-0.05, 0) is 46.0 Å². The van der Waals surface area contributed by atoms with Gasteiger partial charge in [0.2, 0.25) is 0 Å². The van der Waals surface area contributed by atoms with Crippen molar-refractivity contribution < 1.29 is 14.1 Å². The van der Waals surface area contributed by atoms with E-state index >= 15 is 0 Å². The first-order valence-corrected chi connectivity index (χ1v) is 8.89. The molecule has 2 atom stereocenters. The lowest BCUT2D eigenvalue weighted by molar-refractivity contribution is -0.0535. The van der Waals surface area contributed by atoms with Gasteiger partial charge in [0.1, 0.15) is 17.5 Å². The molecule has 0 aliphatic carbocycles. The van der Waals surface area contributed by atoms with Gasteiger partial charge < -0.3 is 19.5 Å². The number of aromatic nitrogens is 1. The van der Waals surface area contributed by atoms with E-state index in [1.165, 1.54) is 17.4 Å². The summed E-state index contributed by atoms with van der Waals surface area (Å²) in [6, 6.07) is 8.23. The van der Waals surface area contributed by atoms with Gasteiger partial charge in [-0.25, -0.2) is 0 Å². The van der Waals surface area contributed by atoms with Gasteiger partial charge in [-0.1, -0.05) is 29.4 Å². The van der Waals surface area contributed by atoms with E-state index in [0.717, 1.165) is 0 Å². The lowest BCUT2D eigenvalue weighted by Gasteiger charge is -2.36. The van der Waals surface area contributed by atoms with Crippen LogP contribution in [0.15, 0.2) is 35.1 Å². The minimum absolute atomic E-state index is 0.0612. The van der Waals surface area contributed by atoms with Crippen LogP contribution in [-0.4, -0.2) is 49.3 Å². The molecule has 1 fully saturated rings. The second-order valence-electron chi connectivity index (χ2n) is 7.66. The van der Waals surface area contributed by atoms with E-state index in [2.05, 4.69) is 34.4 Å². The van der Waals surface area contributed by atoms with Crippen molar-refractivity contribution in [3.8, 4) is 0 Å². The number of nitrogens with one attached hydrogen (secondary N) is 1. The fourth-order valence-corrected chi connectivity index (χ4v) is 3.65. The maximum atomic E-state index is 12.9. The first-order chi connectivity index (χ1) is 12.3. The van der Waals surface area contributed by atoms with E-state index in [9.17, 15) is 4.79 Å². The molecule has 1 saturated heterocycles. The standard InChI is InChI=1S/C20H27N3O3/c1-13-8-6-7-9-15(13)17(23(4)5)14(2)21-19(24)16-10-26-22-18(16)20(3)11-25-12-20/h6-10,14,17H,11-12H2,1-5H3,(H,21,24). The molecule has 1 aromatic heterocycles. The smallest absolute Gasteiger partial charge is 0.256 e. The van der Waals surface area contributed by atoms with Crippen molar-refractivity contribution in [3.63, 3.8) is 0 Å². The number of amides is 1. The topological polar surface area (TPSA) is 67.6 Å². The van der Waals surface area contributed by atoms with E-state index < -0.39 is 0 Å². The third-order valence-corrected chi connectivity index (χ3v) is 5.12. The Hall–Kier alpha value is -2.18. The van der Waals surface area contributed by atoms with Crippen molar-refractivity contribution >= 4 is 5.91 Å². The number of aryl methyl sites for hydroxylation is 1. The van der Waals surface area contributed by atoms with Gasteiger partial charge in [0.25, 0.3) is 5.91 Å². The van der Waals surface area contributed by atoms with Gasteiger partial charge in [0, 0.05) is 6.04 Å². The molecule has 6 nitrogen and oxygen atoms in total. The van der Waals surface area contributed by atoms with Gasteiger partial charge >= 0.3 is 0 Å². The zero-order valence-corrected chi connectivity index (χ0v) is 16.1. The Morgan fingerprint density at radius 1 is 1.31 bits per heavy atom. The third kappa shape index (κ3) is 3.39. The molecule has 0 saturated carbocycles. The molecule has 0 spiro atoms. The molecule has 140 valence electrons. The Morgan fingerprint density at radius 2 is 2.00 bits per heavy atom. The van der Waals surface area contributed by atoms with Crippen LogP contribution in [0.5, 0.6) is 0 Å². The molecule has 3 rings (SSSR count). The van der Waals surface area contributed by atoms with E-state index in [4.69, 9.17) is 9.26 Å². The summed E-state index contributed by atoms with van der Waals surface area (Å²) < 4.78 is 10.4. The van der Waals surface area contributed by atoms with Gasteiger partial charge in [0.05, 0.1) is 24.7 Å². The van der Waals surface area contributed by atoms with E-state index in [-0.39, 0.29) is 23.4 Å². The number of rotatable bonds is 6. The highest BCUT2D eigenvalue weighted by Gasteiger charge is 2.41. The van der Waals surface area contributed by atoms with Gasteiger partial charge in [-0.2, -0.15) is 0 Å². The maximum Gasteiger partial charge on any atom is 0.256 e. The zero-order chi connectivity index (χ0) is 18.9. The minimum atomic E-state index is -0.250. The predicted molar refractivity (Wildman–Crippen MR) is 99.2 cm³/mol. The molecule has 1 N–H and O–H groups in total. The zero-order valence-electron chi connectivity index (χ0n) is 16.1. The van der Waals surface area contributed by atoms with Crippen molar-refractivity contribution in [2.75, 3.05) is 27.3 Å². The van der Waals surface area contributed by atoms with Crippen LogP contribution in [0.3, 0.4) is 0 Å². The fourth-order valence-electron chi connectivity index (χ4n) is 3.65. The Labute approximate surface area is 154 Å². The van der Waals surface area contributed by atoms with Crippen molar-refractivity contribution in [2.24, 2.45) is 0 Å². The molecule has 1 aliphatic heterocycles. The Morgan fingerprint density at radius 3 is 2.58 bits per heavy atom. The largest absolute Gasteiger partial charge is 0.379 e. The molecule has 1 aromatic carbocycles. The second-order valence-corrected chi connectivity index (χ2v) is 7.66. The van der Waals surface area contributed by atoms with Crippen LogP contribution in [0, 0.1) is 6.92 Å². The summed E-state index contributed by atoms with van der Waals surface area (Å²) in [6.07, 6.45) is 1.43. The number of ether oxygens (including phenoxy) is 1. The highest BCUT2D eigenvalue weighted by atomic mass is 16.5. The highest BCUT2D eigenvalue weighted by Crippen LogP contribution is 2.33. The monoisotopic (exact) mass is 357 g/mol. The number of carbonyl (C=O) groups excluding carboxylic acids is 1. The molecule has 2 aromatic rings. The lowest BCUT2D eigenvalue weighted by atomic mass is 9.83. The van der Waals surface area contributed by atoms with Gasteiger partial charge in [0.15, 0.2) is 0 Å². The lowest BCUT2D eigenvalue weighted by Crippen LogP contribution is -2.47. The number of benzene rings is 1. The molecular weight excluding hydrogens is 330 g/mol. The normalized spacial score (nSPS) is 18.2. The molecule has 26 heavy (non-hydrogen) atoms. The number of nitrogens with zero attached hydrogens (tertiary/aromatic N) is 2. The first kappa shape index (κ1) is 18.6. The van der Waals surface area contributed by atoms with Crippen molar-refractivity contribution in [1.82, 2.24) is 15.4 Å². The SMILES string of the molecule is Cc1ccccc1C(C(C)NC(=O)c1conc1C1(C)COC1)N(C)C. The number of hydrogen-bond acceptors (Lipinski definition) is 5. The summed E-state index contributed by atoms with van der Waals surface area (Å²) in [7, 11) is 4.05. The molecule has 0 bridgehead atoms. The summed E-state index contributed by atoms with van der Waals surface area (Å²) in [4.78, 5) is 15.0. The Kier molecular flexibility index (Phi) is 5.16. The molecule has 2 heterocycles. The second kappa shape index (κ2) is 7.21. The molecule has 0 radical (unpaired) electrons. The molecule has 1 aliphatic rings. The van der Waals surface area contributed by atoms with Gasteiger partial charge in [-0.15, -0.1) is 0 Å². The molecule has 1 amide bonds. The van der Waals surface area contributed by atoms with Crippen LogP contribution in [0.25, 0.3) is 0 Å². The molecule has 2 unspecified atom stereocenters. The van der Waals surface area contributed by atoms with E-state index in [1.54, 1.807) is 0 Å². The Balaban J connectivity index is 1.80. The summed E-state index contributed by atoms with van der Waals surface area (Å²) >= 11 is 0. The quantitative estimate of drug-likeness (QED) is 0.861. The third-order valence-electron chi connectivity index (χ3n) is 5.12. The average Bonchev–Trinajstić information content (AvgIpc) is 3.04. The summed E-state index contributed by atoms with van der Waals surface area (Å²) in [5, 5.41) is 7.19. The fraction of sp³-hybridized carbons (Fsp3) is 0.500. The number of carbonyl (C=O) groups is 1. The highest BCUT2D eigenvalue weighted by molar-refractivity contribution is 5.95. The molecule has 6 heteroatoms. The van der Waals surface area contributed by atoms with E-state index in [0.29, 0.717) is 24.5 Å². The summed E-state index contributed by atoms with van der Waals surface area (Å²) in [5.74, 6) is -0.165. The first-order valence-electron chi connectivity index (χ1n) is 8.89. The van der Waals surface area contributed by atoms with Crippen molar-refractivity contribution in [2.45, 2.75) is 38.3 Å². The van der Waals surface area contributed by atoms with Crippen LogP contribution in [0.4, 0.5) is 0 Å². The number of likely N-dealkylation sites (N-methyl/N-ethyl adjacent to an activating group) is 1. The van der Waals surface area contributed by atoms with E-state index in [1.807, 2.05) is 40.1 Å². The van der Waals surface area contributed by atoms with Crippen LogP contribution in [0.2, 0.25) is 0 Å². The van der Waals surface area contributed by atoms with Crippen LogP contribution >= 0.6 is 0 Å². The average molecular weight is 357 g/mol. The maximum absolute atomic E-state index is 12.9. The predicted octanol–water partition coefficient (Wildman–Crippen LogP) is 2.69. The summed E-state index contributed by atoms with van der Waals surface area (Å²) in [5.41, 5.74) is 3.32. The number of hydrogen-bond donors (Lipinski definition) is 1. The minimum Gasteiger partial charge on any atom is -0.379 e. The van der Waals surface area contributed by atoms with Crippen molar-refractivity contribution in [1.29, 1.82) is 0 Å². The van der Waals surface area contributed by atoms with Crippen LogP contribution in [0.1, 0.15) is 47.1 Å². The van der Waals surface area contributed by atoms with Crippen LogP contribution < -0.4 is 5.32 Å².